The smallest absolute Gasteiger partial charge is 0.220 e. The third kappa shape index (κ3) is 0.969. The Bertz CT molecular complexity index is 172. The van der Waals surface area contributed by atoms with Gasteiger partial charge in [0, 0.05) is 6.42 Å². The maximum absolute atomic E-state index is 9.40. The van der Waals surface area contributed by atoms with E-state index in [0.717, 1.165) is 0 Å². The van der Waals surface area contributed by atoms with E-state index in [1.54, 1.807) is 0 Å². The second-order valence-corrected chi connectivity index (χ2v) is 2.95. The van der Waals surface area contributed by atoms with Gasteiger partial charge in [0.05, 0.1) is 12.7 Å². The molecule has 3 saturated heterocycles. The van der Waals surface area contributed by atoms with Crippen molar-refractivity contribution in [2.75, 3.05) is 6.61 Å². The summed E-state index contributed by atoms with van der Waals surface area (Å²) in [5, 5.41) is 27.7. The first-order valence-corrected chi connectivity index (χ1v) is 3.50. The van der Waals surface area contributed by atoms with Crippen molar-refractivity contribution in [3.63, 3.8) is 0 Å². The fourth-order valence-electron chi connectivity index (χ4n) is 1.40. The number of rotatable bonds is 0. The quantitative estimate of drug-likeness (QED) is 0.390. The summed E-state index contributed by atoms with van der Waals surface area (Å²) < 4.78 is 9.70. The van der Waals surface area contributed by atoms with Crippen LogP contribution >= 0.6 is 0 Å². The zero-order valence-corrected chi connectivity index (χ0v) is 5.80. The fourth-order valence-corrected chi connectivity index (χ4v) is 1.40. The van der Waals surface area contributed by atoms with E-state index < -0.39 is 24.3 Å². The SMILES string of the molecule is OC1CC2(O)OCC1OC2O. The lowest BCUT2D eigenvalue weighted by Gasteiger charge is -2.47. The van der Waals surface area contributed by atoms with Crippen molar-refractivity contribution in [3.05, 3.63) is 0 Å². The molecule has 3 N–H and O–H groups in total. The number of hydrogen-bond acceptors (Lipinski definition) is 5. The summed E-state index contributed by atoms with van der Waals surface area (Å²) in [5.41, 5.74) is 0. The summed E-state index contributed by atoms with van der Waals surface area (Å²) in [7, 11) is 0. The molecule has 3 fully saturated rings. The van der Waals surface area contributed by atoms with Crippen molar-refractivity contribution in [1.82, 2.24) is 0 Å². The normalized spacial score (nSPS) is 56.5. The van der Waals surface area contributed by atoms with Crippen LogP contribution in [0.5, 0.6) is 0 Å². The Labute approximate surface area is 63.2 Å². The summed E-state index contributed by atoms with van der Waals surface area (Å²) in [4.78, 5) is 0. The first kappa shape index (κ1) is 7.45. The van der Waals surface area contributed by atoms with Gasteiger partial charge in [0.2, 0.25) is 12.1 Å². The molecule has 0 aromatic carbocycles. The highest BCUT2D eigenvalue weighted by molar-refractivity contribution is 4.91. The van der Waals surface area contributed by atoms with Crippen LogP contribution in [0.15, 0.2) is 0 Å². The summed E-state index contributed by atoms with van der Waals surface area (Å²) >= 11 is 0. The standard InChI is InChI=1S/C6H10O5/c7-3-1-6(9)5(8)11-4(3)2-10-6/h3-5,7-9H,1-2H2. The van der Waals surface area contributed by atoms with Crippen LogP contribution in [-0.2, 0) is 9.47 Å². The van der Waals surface area contributed by atoms with Crippen LogP contribution in [0, 0.1) is 0 Å². The molecule has 0 aromatic heterocycles. The van der Waals surface area contributed by atoms with Crippen LogP contribution in [0.2, 0.25) is 0 Å². The summed E-state index contributed by atoms with van der Waals surface area (Å²) in [5.74, 6) is -1.70. The molecule has 3 aliphatic heterocycles. The minimum Gasteiger partial charge on any atom is -0.390 e. The Morgan fingerprint density at radius 3 is 2.45 bits per heavy atom. The van der Waals surface area contributed by atoms with E-state index >= 15 is 0 Å². The third-order valence-corrected chi connectivity index (χ3v) is 2.12. The maximum atomic E-state index is 9.40. The van der Waals surface area contributed by atoms with Crippen molar-refractivity contribution in [2.45, 2.75) is 30.7 Å². The molecule has 0 aliphatic carbocycles. The highest BCUT2D eigenvalue weighted by Crippen LogP contribution is 2.34. The van der Waals surface area contributed by atoms with E-state index in [0.29, 0.717) is 0 Å². The Morgan fingerprint density at radius 2 is 2.09 bits per heavy atom. The minimum atomic E-state index is -1.70. The van der Waals surface area contributed by atoms with E-state index in [4.69, 9.17) is 14.6 Å². The predicted molar refractivity (Wildman–Crippen MR) is 32.4 cm³/mol. The molecular formula is C6H10O5. The van der Waals surface area contributed by atoms with Crippen molar-refractivity contribution in [2.24, 2.45) is 0 Å². The van der Waals surface area contributed by atoms with Gasteiger partial charge in [-0.3, -0.25) is 0 Å². The molecule has 3 heterocycles. The molecule has 0 radical (unpaired) electrons. The van der Waals surface area contributed by atoms with E-state index in [2.05, 4.69) is 0 Å². The zero-order chi connectivity index (χ0) is 8.06. The van der Waals surface area contributed by atoms with Crippen LogP contribution < -0.4 is 0 Å². The number of fused-ring (bicyclic) bond motifs is 3. The van der Waals surface area contributed by atoms with Crippen LogP contribution in [0.1, 0.15) is 6.42 Å². The number of aliphatic hydroxyl groups is 3. The van der Waals surface area contributed by atoms with Crippen molar-refractivity contribution in [3.8, 4) is 0 Å². The molecule has 0 spiro atoms. The molecule has 2 bridgehead atoms. The van der Waals surface area contributed by atoms with E-state index in [1.807, 2.05) is 0 Å². The maximum Gasteiger partial charge on any atom is 0.220 e. The van der Waals surface area contributed by atoms with Crippen LogP contribution in [0.4, 0.5) is 0 Å². The van der Waals surface area contributed by atoms with Gasteiger partial charge in [0.1, 0.15) is 6.10 Å². The van der Waals surface area contributed by atoms with E-state index in [-0.39, 0.29) is 13.0 Å². The highest BCUT2D eigenvalue weighted by atomic mass is 16.7. The van der Waals surface area contributed by atoms with Gasteiger partial charge in [0.15, 0.2) is 0 Å². The average Bonchev–Trinajstić information content (AvgIpc) is 1.92. The van der Waals surface area contributed by atoms with Gasteiger partial charge >= 0.3 is 0 Å². The molecule has 4 atom stereocenters. The lowest BCUT2D eigenvalue weighted by Crippen LogP contribution is -2.64. The van der Waals surface area contributed by atoms with Crippen molar-refractivity contribution in [1.29, 1.82) is 0 Å². The van der Waals surface area contributed by atoms with E-state index in [9.17, 15) is 10.2 Å². The third-order valence-electron chi connectivity index (χ3n) is 2.12. The van der Waals surface area contributed by atoms with Gasteiger partial charge in [-0.15, -0.1) is 0 Å². The number of ether oxygens (including phenoxy) is 2. The van der Waals surface area contributed by atoms with Gasteiger partial charge in [-0.25, -0.2) is 0 Å². The van der Waals surface area contributed by atoms with Gasteiger partial charge in [-0.1, -0.05) is 0 Å². The lowest BCUT2D eigenvalue weighted by atomic mass is 9.96. The Morgan fingerprint density at radius 1 is 1.36 bits per heavy atom. The monoisotopic (exact) mass is 162 g/mol. The Kier molecular flexibility index (Phi) is 1.45. The van der Waals surface area contributed by atoms with E-state index in [1.165, 1.54) is 0 Å². The lowest BCUT2D eigenvalue weighted by molar-refractivity contribution is -0.420. The molecule has 5 nitrogen and oxygen atoms in total. The molecule has 0 amide bonds. The van der Waals surface area contributed by atoms with Crippen molar-refractivity contribution < 1.29 is 24.8 Å². The molecule has 4 unspecified atom stereocenters. The zero-order valence-electron chi connectivity index (χ0n) is 5.80. The molecule has 64 valence electrons. The van der Waals surface area contributed by atoms with Crippen molar-refractivity contribution >= 4 is 0 Å². The number of hydrogen-bond donors (Lipinski definition) is 3. The second-order valence-electron chi connectivity index (χ2n) is 2.95. The Hall–Kier alpha value is -0.200. The second kappa shape index (κ2) is 2.15. The van der Waals surface area contributed by atoms with Gasteiger partial charge in [0.25, 0.3) is 0 Å². The average molecular weight is 162 g/mol. The molecule has 0 saturated carbocycles. The highest BCUT2D eigenvalue weighted by Gasteiger charge is 2.53. The predicted octanol–water partition coefficient (Wildman–Crippen LogP) is -1.83. The van der Waals surface area contributed by atoms with Gasteiger partial charge in [-0.2, -0.15) is 0 Å². The minimum absolute atomic E-state index is 0.0127. The Balaban J connectivity index is 2.19. The first-order chi connectivity index (χ1) is 5.12. The largest absolute Gasteiger partial charge is 0.390 e. The fraction of sp³-hybridized carbons (Fsp3) is 1.00. The summed E-state index contributed by atoms with van der Waals surface area (Å²) in [6, 6.07) is 0. The van der Waals surface area contributed by atoms with Gasteiger partial charge in [-0.05, 0) is 0 Å². The summed E-state index contributed by atoms with van der Waals surface area (Å²) in [6.07, 6.45) is -2.56. The molecule has 3 aliphatic rings. The topological polar surface area (TPSA) is 79.2 Å². The van der Waals surface area contributed by atoms with Crippen LogP contribution in [-0.4, -0.2) is 46.2 Å². The van der Waals surface area contributed by atoms with Crippen LogP contribution in [0.25, 0.3) is 0 Å². The molecular weight excluding hydrogens is 152 g/mol. The molecule has 0 aromatic rings. The van der Waals surface area contributed by atoms with Gasteiger partial charge < -0.3 is 24.8 Å². The molecule has 5 heteroatoms. The number of aliphatic hydroxyl groups excluding tert-OH is 2. The summed E-state index contributed by atoms with van der Waals surface area (Å²) in [6.45, 7) is 0.134. The molecule has 3 rings (SSSR count). The molecule has 11 heavy (non-hydrogen) atoms. The first-order valence-electron chi connectivity index (χ1n) is 3.50. The van der Waals surface area contributed by atoms with Crippen LogP contribution in [0.3, 0.4) is 0 Å².